The van der Waals surface area contributed by atoms with E-state index < -0.39 is 10.0 Å². The summed E-state index contributed by atoms with van der Waals surface area (Å²) < 4.78 is 28.6. The quantitative estimate of drug-likeness (QED) is 0.798. The first-order valence-corrected chi connectivity index (χ1v) is 9.43. The number of hydrogen-bond donors (Lipinski definition) is 0. The lowest BCUT2D eigenvalue weighted by atomic mass is 9.99. The smallest absolute Gasteiger partial charge is 0.263 e. The second-order valence-corrected chi connectivity index (χ2v) is 9.38. The molecule has 0 saturated carbocycles. The summed E-state index contributed by atoms with van der Waals surface area (Å²) in [7, 11) is -3.48. The average molecular weight is 372 g/mol. The van der Waals surface area contributed by atoms with Crippen LogP contribution in [0.1, 0.15) is 18.9 Å². The molecule has 6 heteroatoms. The largest absolute Gasteiger partial charge is 0.274 e. The number of sulfonamides is 1. The number of aryl methyl sites for hydroxylation is 1. The summed E-state index contributed by atoms with van der Waals surface area (Å²) >= 11 is 4.58. The van der Waals surface area contributed by atoms with Crippen LogP contribution in [0.4, 0.5) is 5.69 Å². The molecule has 0 amide bonds. The van der Waals surface area contributed by atoms with Gasteiger partial charge in [-0.1, -0.05) is 18.2 Å². The summed E-state index contributed by atoms with van der Waals surface area (Å²) in [5.41, 5.74) is 1.92. The normalized spacial score (nSPS) is 18.9. The van der Waals surface area contributed by atoms with Crippen molar-refractivity contribution in [1.82, 2.24) is 0 Å². The molecule has 2 heterocycles. The van der Waals surface area contributed by atoms with Crippen molar-refractivity contribution in [3.63, 3.8) is 0 Å². The Morgan fingerprint density at radius 2 is 2.00 bits per heavy atom. The van der Waals surface area contributed by atoms with Gasteiger partial charge in [0.1, 0.15) is 4.21 Å². The molecule has 2 aromatic rings. The minimum atomic E-state index is -3.48. The third-order valence-electron chi connectivity index (χ3n) is 3.52. The van der Waals surface area contributed by atoms with Crippen LogP contribution >= 0.6 is 27.3 Å². The fourth-order valence-corrected chi connectivity index (χ4v) is 6.38. The van der Waals surface area contributed by atoms with E-state index in [1.807, 2.05) is 31.2 Å². The van der Waals surface area contributed by atoms with Crippen molar-refractivity contribution in [3.8, 4) is 0 Å². The van der Waals surface area contributed by atoms with Crippen molar-refractivity contribution in [2.24, 2.45) is 0 Å². The Balaban J connectivity index is 2.13. The van der Waals surface area contributed by atoms with Crippen LogP contribution in [-0.2, 0) is 16.4 Å². The molecule has 1 aromatic heterocycles. The molecule has 0 spiro atoms. The Bertz CT molecular complexity index is 739. The molecule has 0 radical (unpaired) electrons. The molecular formula is C14H14BrNO2S2. The lowest BCUT2D eigenvalue weighted by molar-refractivity contribution is 0.565. The van der Waals surface area contributed by atoms with Crippen LogP contribution in [0.15, 0.2) is 44.4 Å². The highest BCUT2D eigenvalue weighted by Crippen LogP contribution is 2.37. The van der Waals surface area contributed by atoms with Crippen molar-refractivity contribution in [1.29, 1.82) is 0 Å². The van der Waals surface area contributed by atoms with Gasteiger partial charge in [-0.25, -0.2) is 8.42 Å². The molecule has 0 N–H and O–H groups in total. The van der Waals surface area contributed by atoms with Crippen molar-refractivity contribution in [3.05, 3.63) is 45.7 Å². The van der Waals surface area contributed by atoms with Gasteiger partial charge in [0.15, 0.2) is 0 Å². The van der Waals surface area contributed by atoms with Crippen LogP contribution in [0, 0.1) is 0 Å². The first-order chi connectivity index (χ1) is 9.50. The van der Waals surface area contributed by atoms with E-state index in [0.29, 0.717) is 4.21 Å². The highest BCUT2D eigenvalue weighted by Gasteiger charge is 2.34. The summed E-state index contributed by atoms with van der Waals surface area (Å²) in [5, 5.41) is 0. The fraction of sp³-hybridized carbons (Fsp3) is 0.286. The van der Waals surface area contributed by atoms with Crippen LogP contribution in [-0.4, -0.2) is 14.5 Å². The summed E-state index contributed by atoms with van der Waals surface area (Å²) in [4.78, 5) is 0. The van der Waals surface area contributed by atoms with E-state index in [1.165, 1.54) is 11.3 Å². The first kappa shape index (κ1) is 14.1. The summed E-state index contributed by atoms with van der Waals surface area (Å²) in [6.45, 7) is 1.97. The van der Waals surface area contributed by atoms with Gasteiger partial charge in [-0.15, -0.1) is 11.3 Å². The van der Waals surface area contributed by atoms with Gasteiger partial charge in [-0.05, 0) is 59.5 Å². The molecule has 0 bridgehead atoms. The summed E-state index contributed by atoms with van der Waals surface area (Å²) in [6.07, 6.45) is 1.78. The monoisotopic (exact) mass is 371 g/mol. The Hall–Kier alpha value is -0.850. The number of nitrogens with zero attached hydrogens (tertiary/aromatic N) is 1. The highest BCUT2D eigenvalue weighted by molar-refractivity contribution is 9.11. The van der Waals surface area contributed by atoms with Gasteiger partial charge in [0.25, 0.3) is 10.0 Å². The van der Waals surface area contributed by atoms with Gasteiger partial charge in [0, 0.05) is 6.04 Å². The minimum Gasteiger partial charge on any atom is -0.263 e. The fourth-order valence-electron chi connectivity index (χ4n) is 2.56. The van der Waals surface area contributed by atoms with E-state index in [1.54, 1.807) is 16.4 Å². The maximum atomic E-state index is 12.9. The molecule has 0 aliphatic carbocycles. The van der Waals surface area contributed by atoms with Gasteiger partial charge in [0.2, 0.25) is 0 Å². The molecule has 0 fully saturated rings. The van der Waals surface area contributed by atoms with E-state index in [-0.39, 0.29) is 6.04 Å². The van der Waals surface area contributed by atoms with Gasteiger partial charge in [-0.2, -0.15) is 0 Å². The third kappa shape index (κ3) is 2.29. The van der Waals surface area contributed by atoms with Crippen LogP contribution in [0.2, 0.25) is 0 Å². The topological polar surface area (TPSA) is 37.4 Å². The second-order valence-electron chi connectivity index (χ2n) is 4.88. The molecule has 106 valence electrons. The number of para-hydroxylation sites is 1. The Labute approximate surface area is 131 Å². The van der Waals surface area contributed by atoms with Crippen LogP contribution in [0.5, 0.6) is 0 Å². The first-order valence-electron chi connectivity index (χ1n) is 6.38. The molecule has 0 saturated heterocycles. The standard InChI is InChI=1S/C14H14BrNO2S2/c1-10-6-7-11-4-2-3-5-12(11)16(10)20(17,18)14-9-8-13(15)19-14/h2-5,8-10H,6-7H2,1H3/t10-/m0/s1. The SMILES string of the molecule is C[C@H]1CCc2ccccc2N1S(=O)(=O)c1ccc(Br)s1. The zero-order valence-corrected chi connectivity index (χ0v) is 14.1. The number of halogens is 1. The molecule has 1 aliphatic rings. The van der Waals surface area contributed by atoms with Gasteiger partial charge < -0.3 is 0 Å². The predicted octanol–water partition coefficient (Wildman–Crippen LogP) is 4.04. The lowest BCUT2D eigenvalue weighted by Gasteiger charge is -2.35. The second kappa shape index (κ2) is 5.16. The molecule has 0 unspecified atom stereocenters. The lowest BCUT2D eigenvalue weighted by Crippen LogP contribution is -2.41. The average Bonchev–Trinajstić information content (AvgIpc) is 2.85. The van der Waals surface area contributed by atoms with Gasteiger partial charge in [0.05, 0.1) is 9.47 Å². The maximum absolute atomic E-state index is 12.9. The van der Waals surface area contributed by atoms with Crippen LogP contribution in [0.25, 0.3) is 0 Å². The third-order valence-corrected chi connectivity index (χ3v) is 7.54. The molecule has 1 atom stereocenters. The molecule has 3 nitrogen and oxygen atoms in total. The molecular weight excluding hydrogens is 358 g/mol. The minimum absolute atomic E-state index is 0.0178. The number of rotatable bonds is 2. The Kier molecular flexibility index (Phi) is 3.64. The van der Waals surface area contributed by atoms with Crippen LogP contribution < -0.4 is 4.31 Å². The zero-order chi connectivity index (χ0) is 14.3. The number of anilines is 1. The maximum Gasteiger partial charge on any atom is 0.274 e. The van der Waals surface area contributed by atoms with Crippen molar-refractivity contribution in [2.75, 3.05) is 4.31 Å². The predicted molar refractivity (Wildman–Crippen MR) is 85.9 cm³/mol. The van der Waals surface area contributed by atoms with Crippen molar-refractivity contribution >= 4 is 43.0 Å². The highest BCUT2D eigenvalue weighted by atomic mass is 79.9. The van der Waals surface area contributed by atoms with Crippen molar-refractivity contribution in [2.45, 2.75) is 30.0 Å². The molecule has 3 rings (SSSR count). The molecule has 20 heavy (non-hydrogen) atoms. The Morgan fingerprint density at radius 3 is 2.70 bits per heavy atom. The number of fused-ring (bicyclic) bond motifs is 1. The number of benzene rings is 1. The number of hydrogen-bond acceptors (Lipinski definition) is 3. The van der Waals surface area contributed by atoms with E-state index in [9.17, 15) is 8.42 Å². The molecule has 1 aliphatic heterocycles. The summed E-state index contributed by atoms with van der Waals surface area (Å²) in [5.74, 6) is 0. The Morgan fingerprint density at radius 1 is 1.25 bits per heavy atom. The zero-order valence-electron chi connectivity index (χ0n) is 10.9. The van der Waals surface area contributed by atoms with Crippen molar-refractivity contribution < 1.29 is 8.42 Å². The summed E-state index contributed by atoms with van der Waals surface area (Å²) in [6, 6.07) is 11.2. The molecule has 1 aromatic carbocycles. The van der Waals surface area contributed by atoms with E-state index >= 15 is 0 Å². The number of thiophene rings is 1. The van der Waals surface area contributed by atoms with E-state index in [4.69, 9.17) is 0 Å². The van der Waals surface area contributed by atoms with Gasteiger partial charge >= 0.3 is 0 Å². The van der Waals surface area contributed by atoms with Crippen LogP contribution in [0.3, 0.4) is 0 Å². The van der Waals surface area contributed by atoms with Gasteiger partial charge in [-0.3, -0.25) is 4.31 Å². The van der Waals surface area contributed by atoms with E-state index in [2.05, 4.69) is 15.9 Å². The van der Waals surface area contributed by atoms with E-state index in [0.717, 1.165) is 27.9 Å².